The smallest absolute Gasteiger partial charge is 0.264 e. The van der Waals surface area contributed by atoms with Gasteiger partial charge in [0.05, 0.1) is 10.6 Å². The Labute approximate surface area is 174 Å². The summed E-state index contributed by atoms with van der Waals surface area (Å²) in [6.45, 7) is 4.23. The molecule has 0 aliphatic carbocycles. The minimum atomic E-state index is 0.164. The minimum absolute atomic E-state index is 0.164. The Hall–Kier alpha value is -2.89. The van der Waals surface area contributed by atoms with Crippen LogP contribution in [0.4, 0.5) is 0 Å². The van der Waals surface area contributed by atoms with Gasteiger partial charge in [-0.25, -0.2) is 0 Å². The fourth-order valence-electron chi connectivity index (χ4n) is 4.10. The quantitative estimate of drug-likeness (QED) is 0.531. The molecule has 4 aromatic rings. The van der Waals surface area contributed by atoms with Crippen LogP contribution in [0.15, 0.2) is 72.1 Å². The first-order valence-electron chi connectivity index (χ1n) is 10.00. The molecule has 0 atom stereocenters. The lowest BCUT2D eigenvalue weighted by atomic mass is 10.0. The second kappa shape index (κ2) is 7.85. The number of hydrogen-bond acceptors (Lipinski definition) is 3. The third kappa shape index (κ3) is 3.59. The first kappa shape index (κ1) is 18.2. The van der Waals surface area contributed by atoms with E-state index in [1.807, 2.05) is 22.4 Å². The molecular weight excluding hydrogens is 378 g/mol. The van der Waals surface area contributed by atoms with Gasteiger partial charge in [0.1, 0.15) is 0 Å². The van der Waals surface area contributed by atoms with Gasteiger partial charge in [-0.1, -0.05) is 54.6 Å². The number of rotatable bonds is 4. The fourth-order valence-corrected chi connectivity index (χ4v) is 4.80. The number of amides is 1. The zero-order valence-corrected chi connectivity index (χ0v) is 17.0. The summed E-state index contributed by atoms with van der Waals surface area (Å²) in [7, 11) is 0. The Morgan fingerprint density at radius 1 is 0.897 bits per heavy atom. The monoisotopic (exact) mass is 401 g/mol. The van der Waals surface area contributed by atoms with Crippen molar-refractivity contribution in [2.45, 2.75) is 6.54 Å². The average Bonchev–Trinajstić information content (AvgIpc) is 3.43. The molecule has 1 aliphatic heterocycles. The largest absolute Gasteiger partial charge is 0.354 e. The summed E-state index contributed by atoms with van der Waals surface area (Å²) in [6.07, 6.45) is 0. The highest BCUT2D eigenvalue weighted by atomic mass is 32.1. The normalized spacial score (nSPS) is 15.1. The van der Waals surface area contributed by atoms with Crippen LogP contribution in [0.25, 0.3) is 22.2 Å². The van der Waals surface area contributed by atoms with E-state index in [4.69, 9.17) is 0 Å². The van der Waals surface area contributed by atoms with Crippen LogP contribution < -0.4 is 0 Å². The van der Waals surface area contributed by atoms with Gasteiger partial charge >= 0.3 is 0 Å². The summed E-state index contributed by atoms with van der Waals surface area (Å²) in [5.74, 6) is 0.164. The highest BCUT2D eigenvalue weighted by molar-refractivity contribution is 7.12. The van der Waals surface area contributed by atoms with Crippen molar-refractivity contribution < 1.29 is 4.79 Å². The number of nitrogens with one attached hydrogen (secondary N) is 1. The number of H-pyrrole nitrogens is 1. The molecule has 0 saturated carbocycles. The lowest BCUT2D eigenvalue weighted by Crippen LogP contribution is -2.48. The summed E-state index contributed by atoms with van der Waals surface area (Å²) >= 11 is 1.52. The van der Waals surface area contributed by atoms with E-state index in [1.165, 1.54) is 39.1 Å². The maximum atomic E-state index is 12.6. The van der Waals surface area contributed by atoms with Crippen LogP contribution in [0.2, 0.25) is 0 Å². The summed E-state index contributed by atoms with van der Waals surface area (Å²) in [6, 6.07) is 22.9. The maximum Gasteiger partial charge on any atom is 0.264 e. The number of fused-ring (bicyclic) bond motifs is 1. The van der Waals surface area contributed by atoms with Gasteiger partial charge in [0.25, 0.3) is 5.91 Å². The fraction of sp³-hybridized carbons (Fsp3) is 0.208. The van der Waals surface area contributed by atoms with E-state index < -0.39 is 0 Å². The number of nitrogens with zero attached hydrogens (tertiary/aromatic N) is 2. The van der Waals surface area contributed by atoms with Gasteiger partial charge in [0.2, 0.25) is 0 Å². The molecule has 2 aromatic carbocycles. The van der Waals surface area contributed by atoms with E-state index in [2.05, 4.69) is 64.5 Å². The van der Waals surface area contributed by atoms with Crippen LogP contribution in [-0.4, -0.2) is 46.9 Å². The van der Waals surface area contributed by atoms with Crippen molar-refractivity contribution in [1.82, 2.24) is 14.8 Å². The predicted molar refractivity (Wildman–Crippen MR) is 119 cm³/mol. The van der Waals surface area contributed by atoms with Crippen LogP contribution in [0.3, 0.4) is 0 Å². The molecule has 2 aromatic heterocycles. The Morgan fingerprint density at radius 2 is 1.66 bits per heavy atom. The molecule has 4 nitrogen and oxygen atoms in total. The van der Waals surface area contributed by atoms with Crippen molar-refractivity contribution >= 4 is 28.1 Å². The van der Waals surface area contributed by atoms with Gasteiger partial charge in [-0.2, -0.15) is 0 Å². The van der Waals surface area contributed by atoms with Gasteiger partial charge in [-0.15, -0.1) is 11.3 Å². The van der Waals surface area contributed by atoms with Gasteiger partial charge in [0.15, 0.2) is 0 Å². The van der Waals surface area contributed by atoms with Crippen LogP contribution in [0, 0.1) is 0 Å². The van der Waals surface area contributed by atoms with Crippen molar-refractivity contribution in [1.29, 1.82) is 0 Å². The Morgan fingerprint density at radius 3 is 2.41 bits per heavy atom. The Bertz CT molecular complexity index is 1110. The average molecular weight is 402 g/mol. The van der Waals surface area contributed by atoms with E-state index in [9.17, 15) is 4.79 Å². The van der Waals surface area contributed by atoms with Gasteiger partial charge in [0, 0.05) is 43.6 Å². The van der Waals surface area contributed by atoms with Crippen molar-refractivity contribution in [3.63, 3.8) is 0 Å². The van der Waals surface area contributed by atoms with Crippen LogP contribution >= 0.6 is 11.3 Å². The molecule has 5 rings (SSSR count). The number of para-hydroxylation sites is 1. The van der Waals surface area contributed by atoms with E-state index >= 15 is 0 Å². The molecule has 0 unspecified atom stereocenters. The van der Waals surface area contributed by atoms with Crippen molar-refractivity contribution in [3.05, 3.63) is 82.6 Å². The summed E-state index contributed by atoms with van der Waals surface area (Å²) in [5.41, 5.74) is 4.92. The third-order valence-electron chi connectivity index (χ3n) is 5.65. The summed E-state index contributed by atoms with van der Waals surface area (Å²) < 4.78 is 0. The zero-order chi connectivity index (χ0) is 19.6. The molecule has 0 bridgehead atoms. The molecule has 3 heterocycles. The van der Waals surface area contributed by atoms with Crippen molar-refractivity contribution in [2.24, 2.45) is 0 Å². The number of thiophene rings is 1. The van der Waals surface area contributed by atoms with Crippen LogP contribution in [0.5, 0.6) is 0 Å². The SMILES string of the molecule is O=C(c1cccs1)N1CCN(Cc2c(-c3ccccc3)[nH]c3ccccc23)CC1. The molecule has 0 spiro atoms. The van der Waals surface area contributed by atoms with Crippen molar-refractivity contribution in [3.8, 4) is 11.3 Å². The molecule has 1 aliphatic rings. The number of carbonyl (C=O) groups is 1. The second-order valence-corrected chi connectivity index (χ2v) is 8.38. The van der Waals surface area contributed by atoms with Crippen LogP contribution in [0.1, 0.15) is 15.2 Å². The zero-order valence-electron chi connectivity index (χ0n) is 16.2. The van der Waals surface area contributed by atoms with Gasteiger partial charge in [-0.05, 0) is 28.6 Å². The van der Waals surface area contributed by atoms with Crippen LogP contribution in [-0.2, 0) is 6.54 Å². The first-order chi connectivity index (χ1) is 14.3. The van der Waals surface area contributed by atoms with E-state index in [1.54, 1.807) is 0 Å². The number of benzene rings is 2. The summed E-state index contributed by atoms with van der Waals surface area (Å²) in [4.78, 5) is 21.5. The van der Waals surface area contributed by atoms with E-state index in [0.717, 1.165) is 37.6 Å². The molecule has 1 amide bonds. The number of aromatic amines is 1. The Kier molecular flexibility index (Phi) is 4.92. The molecule has 29 heavy (non-hydrogen) atoms. The highest BCUT2D eigenvalue weighted by Crippen LogP contribution is 2.31. The summed E-state index contributed by atoms with van der Waals surface area (Å²) in [5, 5.41) is 3.24. The predicted octanol–water partition coefficient (Wildman–Crippen LogP) is 4.85. The lowest BCUT2D eigenvalue weighted by Gasteiger charge is -2.34. The minimum Gasteiger partial charge on any atom is -0.354 e. The molecule has 1 saturated heterocycles. The van der Waals surface area contributed by atoms with Gasteiger partial charge < -0.3 is 9.88 Å². The number of piperazine rings is 1. The third-order valence-corrected chi connectivity index (χ3v) is 6.51. The maximum absolute atomic E-state index is 12.6. The first-order valence-corrected chi connectivity index (χ1v) is 10.9. The lowest BCUT2D eigenvalue weighted by molar-refractivity contribution is 0.0634. The number of hydrogen-bond donors (Lipinski definition) is 1. The second-order valence-electron chi connectivity index (χ2n) is 7.44. The number of carbonyl (C=O) groups excluding carboxylic acids is 1. The molecule has 1 N–H and O–H groups in total. The molecule has 146 valence electrons. The highest BCUT2D eigenvalue weighted by Gasteiger charge is 2.24. The van der Waals surface area contributed by atoms with Crippen molar-refractivity contribution in [2.75, 3.05) is 26.2 Å². The van der Waals surface area contributed by atoms with E-state index in [-0.39, 0.29) is 5.91 Å². The van der Waals surface area contributed by atoms with Gasteiger partial charge in [-0.3, -0.25) is 9.69 Å². The molecule has 0 radical (unpaired) electrons. The Balaban J connectivity index is 1.37. The molecule has 1 fully saturated rings. The standard InChI is InChI=1S/C24H23N3OS/c28-24(22-11-6-16-29-22)27-14-12-26(13-15-27)17-20-19-9-4-5-10-21(19)25-23(20)18-7-2-1-3-8-18/h1-11,16,25H,12-15,17H2. The van der Waals surface area contributed by atoms with E-state index in [0.29, 0.717) is 0 Å². The molecular formula is C24H23N3OS. The molecule has 5 heteroatoms. The number of aromatic nitrogens is 1. The topological polar surface area (TPSA) is 39.3 Å².